The number of ether oxygens (including phenoxy) is 2. The SMILES string of the molecule is COCCCSC[C@H]1CCC(C)(C)O1. The predicted octanol–water partition coefficient (Wildman–Crippen LogP) is 2.71. The van der Waals surface area contributed by atoms with E-state index in [4.69, 9.17) is 9.47 Å². The number of hydrogen-bond donors (Lipinski definition) is 0. The molecule has 1 fully saturated rings. The van der Waals surface area contributed by atoms with Crippen LogP contribution in [0.1, 0.15) is 33.1 Å². The van der Waals surface area contributed by atoms with Crippen molar-refractivity contribution in [3.05, 3.63) is 0 Å². The van der Waals surface area contributed by atoms with Crippen molar-refractivity contribution in [2.24, 2.45) is 0 Å². The van der Waals surface area contributed by atoms with Crippen LogP contribution in [0.25, 0.3) is 0 Å². The number of thioether (sulfide) groups is 1. The Labute approximate surface area is 91.7 Å². The Morgan fingerprint density at radius 1 is 1.50 bits per heavy atom. The van der Waals surface area contributed by atoms with Crippen molar-refractivity contribution >= 4 is 11.8 Å². The molecule has 0 aromatic carbocycles. The highest BCUT2D eigenvalue weighted by Crippen LogP contribution is 2.30. The third-order valence-electron chi connectivity index (χ3n) is 2.49. The van der Waals surface area contributed by atoms with E-state index in [0.717, 1.165) is 18.8 Å². The van der Waals surface area contributed by atoms with Crippen LogP contribution in [-0.4, -0.2) is 36.9 Å². The van der Waals surface area contributed by atoms with Gasteiger partial charge in [-0.05, 0) is 38.9 Å². The summed E-state index contributed by atoms with van der Waals surface area (Å²) >= 11 is 1.99. The van der Waals surface area contributed by atoms with E-state index >= 15 is 0 Å². The second-order valence-electron chi connectivity index (χ2n) is 4.46. The van der Waals surface area contributed by atoms with E-state index in [9.17, 15) is 0 Å². The Kier molecular flexibility index (Phi) is 5.28. The molecule has 84 valence electrons. The van der Waals surface area contributed by atoms with Gasteiger partial charge >= 0.3 is 0 Å². The van der Waals surface area contributed by atoms with Gasteiger partial charge in [0.05, 0.1) is 11.7 Å². The zero-order valence-electron chi connectivity index (χ0n) is 9.54. The van der Waals surface area contributed by atoms with Gasteiger partial charge in [0.25, 0.3) is 0 Å². The summed E-state index contributed by atoms with van der Waals surface area (Å²) in [6.45, 7) is 5.25. The molecule has 1 rings (SSSR count). The van der Waals surface area contributed by atoms with Crippen LogP contribution >= 0.6 is 11.8 Å². The maximum Gasteiger partial charge on any atom is 0.0673 e. The molecule has 1 atom stereocenters. The lowest BCUT2D eigenvalue weighted by molar-refractivity contribution is -0.00466. The van der Waals surface area contributed by atoms with Crippen LogP contribution in [0.5, 0.6) is 0 Å². The van der Waals surface area contributed by atoms with Gasteiger partial charge in [-0.25, -0.2) is 0 Å². The van der Waals surface area contributed by atoms with Gasteiger partial charge < -0.3 is 9.47 Å². The Bertz CT molecular complexity index is 159. The molecule has 0 spiro atoms. The normalized spacial score (nSPS) is 25.5. The monoisotopic (exact) mass is 218 g/mol. The van der Waals surface area contributed by atoms with E-state index in [0.29, 0.717) is 6.10 Å². The average molecular weight is 218 g/mol. The van der Waals surface area contributed by atoms with E-state index in [1.54, 1.807) is 7.11 Å². The minimum Gasteiger partial charge on any atom is -0.385 e. The Hall–Kier alpha value is 0.270. The van der Waals surface area contributed by atoms with Crippen LogP contribution in [0.4, 0.5) is 0 Å². The van der Waals surface area contributed by atoms with Crippen LogP contribution in [0, 0.1) is 0 Å². The highest BCUT2D eigenvalue weighted by atomic mass is 32.2. The molecule has 1 heterocycles. The molecule has 1 aliphatic heterocycles. The summed E-state index contributed by atoms with van der Waals surface area (Å²) in [7, 11) is 1.76. The fourth-order valence-electron chi connectivity index (χ4n) is 1.72. The standard InChI is InChI=1S/C11H22O2S/c1-11(2)6-5-10(13-11)9-14-8-4-7-12-3/h10H,4-9H2,1-3H3/t10-/m1/s1. The van der Waals surface area contributed by atoms with Crippen molar-refractivity contribution in [1.29, 1.82) is 0 Å². The van der Waals surface area contributed by atoms with Crippen LogP contribution in [0.2, 0.25) is 0 Å². The molecule has 3 heteroatoms. The molecule has 0 aliphatic carbocycles. The summed E-state index contributed by atoms with van der Waals surface area (Å²) in [5, 5.41) is 0. The molecule has 0 N–H and O–H groups in total. The molecule has 0 unspecified atom stereocenters. The molecule has 0 saturated carbocycles. The second kappa shape index (κ2) is 5.99. The molecule has 0 amide bonds. The molecule has 0 radical (unpaired) electrons. The summed E-state index contributed by atoms with van der Waals surface area (Å²) in [5.41, 5.74) is 0.123. The van der Waals surface area contributed by atoms with E-state index < -0.39 is 0 Å². The molecular weight excluding hydrogens is 196 g/mol. The first kappa shape index (κ1) is 12.3. The van der Waals surface area contributed by atoms with Crippen molar-refractivity contribution in [1.82, 2.24) is 0 Å². The fraction of sp³-hybridized carbons (Fsp3) is 1.00. The van der Waals surface area contributed by atoms with Gasteiger partial charge in [-0.15, -0.1) is 0 Å². The van der Waals surface area contributed by atoms with Gasteiger partial charge in [0, 0.05) is 19.5 Å². The summed E-state index contributed by atoms with van der Waals surface area (Å²) in [5.74, 6) is 2.33. The quantitative estimate of drug-likeness (QED) is 0.639. The topological polar surface area (TPSA) is 18.5 Å². The smallest absolute Gasteiger partial charge is 0.0673 e. The highest BCUT2D eigenvalue weighted by molar-refractivity contribution is 7.99. The van der Waals surface area contributed by atoms with Crippen LogP contribution in [0.15, 0.2) is 0 Å². The van der Waals surface area contributed by atoms with Crippen molar-refractivity contribution < 1.29 is 9.47 Å². The summed E-state index contributed by atoms with van der Waals surface area (Å²) in [6.07, 6.45) is 4.07. The van der Waals surface area contributed by atoms with E-state index in [1.165, 1.54) is 18.6 Å². The number of rotatable bonds is 6. The van der Waals surface area contributed by atoms with Gasteiger partial charge in [-0.3, -0.25) is 0 Å². The third-order valence-corrected chi connectivity index (χ3v) is 3.68. The van der Waals surface area contributed by atoms with Gasteiger partial charge in [0.15, 0.2) is 0 Å². The predicted molar refractivity (Wildman–Crippen MR) is 62.0 cm³/mol. The van der Waals surface area contributed by atoms with Crippen molar-refractivity contribution in [2.75, 3.05) is 25.2 Å². The Balaban J connectivity index is 1.98. The van der Waals surface area contributed by atoms with Crippen LogP contribution in [-0.2, 0) is 9.47 Å². The Morgan fingerprint density at radius 3 is 2.86 bits per heavy atom. The molecule has 14 heavy (non-hydrogen) atoms. The summed E-state index contributed by atoms with van der Waals surface area (Å²) in [4.78, 5) is 0. The molecule has 0 bridgehead atoms. The summed E-state index contributed by atoms with van der Waals surface area (Å²) < 4.78 is 10.9. The molecule has 0 aromatic rings. The minimum atomic E-state index is 0.123. The third kappa shape index (κ3) is 4.67. The van der Waals surface area contributed by atoms with Crippen LogP contribution < -0.4 is 0 Å². The van der Waals surface area contributed by atoms with Gasteiger partial charge in [-0.1, -0.05) is 0 Å². The van der Waals surface area contributed by atoms with Crippen LogP contribution in [0.3, 0.4) is 0 Å². The number of methoxy groups -OCH3 is 1. The van der Waals surface area contributed by atoms with E-state index in [1.807, 2.05) is 11.8 Å². The van der Waals surface area contributed by atoms with Crippen molar-refractivity contribution in [3.8, 4) is 0 Å². The maximum atomic E-state index is 5.90. The van der Waals surface area contributed by atoms with E-state index in [2.05, 4.69) is 13.8 Å². The molecule has 0 aromatic heterocycles. The lowest BCUT2D eigenvalue weighted by Gasteiger charge is -2.18. The average Bonchev–Trinajstić information content (AvgIpc) is 2.45. The number of hydrogen-bond acceptors (Lipinski definition) is 3. The minimum absolute atomic E-state index is 0.123. The first-order chi connectivity index (χ1) is 6.64. The lowest BCUT2D eigenvalue weighted by Crippen LogP contribution is -2.21. The maximum absolute atomic E-state index is 5.90. The fourth-order valence-corrected chi connectivity index (χ4v) is 2.70. The van der Waals surface area contributed by atoms with Crippen molar-refractivity contribution in [3.63, 3.8) is 0 Å². The second-order valence-corrected chi connectivity index (χ2v) is 5.61. The lowest BCUT2D eigenvalue weighted by atomic mass is 10.1. The molecular formula is C11H22O2S. The first-order valence-electron chi connectivity index (χ1n) is 5.38. The molecule has 2 nitrogen and oxygen atoms in total. The van der Waals surface area contributed by atoms with Gasteiger partial charge in [0.1, 0.15) is 0 Å². The zero-order chi connectivity index (χ0) is 10.4. The van der Waals surface area contributed by atoms with Crippen molar-refractivity contribution in [2.45, 2.75) is 44.8 Å². The summed E-state index contributed by atoms with van der Waals surface area (Å²) in [6, 6.07) is 0. The molecule has 1 aliphatic rings. The molecule has 1 saturated heterocycles. The van der Waals surface area contributed by atoms with Gasteiger partial charge in [0.2, 0.25) is 0 Å². The first-order valence-corrected chi connectivity index (χ1v) is 6.54. The largest absolute Gasteiger partial charge is 0.385 e. The zero-order valence-corrected chi connectivity index (χ0v) is 10.4. The Morgan fingerprint density at radius 2 is 2.29 bits per heavy atom. The van der Waals surface area contributed by atoms with E-state index in [-0.39, 0.29) is 5.60 Å². The van der Waals surface area contributed by atoms with Gasteiger partial charge in [-0.2, -0.15) is 11.8 Å². The highest BCUT2D eigenvalue weighted by Gasteiger charge is 2.31.